The molecule has 2 aromatic rings. The minimum Gasteiger partial charge on any atom is -0.348 e. The monoisotopic (exact) mass is 399 g/mol. The van der Waals surface area contributed by atoms with E-state index in [4.69, 9.17) is 11.6 Å². The maximum absolute atomic E-state index is 13.0. The zero-order chi connectivity index (χ0) is 20.5. The highest BCUT2D eigenvalue weighted by atomic mass is 35.5. The van der Waals surface area contributed by atoms with Crippen LogP contribution in [-0.4, -0.2) is 29.3 Å². The van der Waals surface area contributed by atoms with Crippen molar-refractivity contribution >= 4 is 29.4 Å². The van der Waals surface area contributed by atoms with Gasteiger partial charge in [0.15, 0.2) is 0 Å². The second-order valence-electron chi connectivity index (χ2n) is 7.07. The third-order valence-corrected chi connectivity index (χ3v) is 5.35. The molecule has 3 rings (SSSR count). The van der Waals surface area contributed by atoms with Gasteiger partial charge in [-0.2, -0.15) is 0 Å². The Bertz CT molecular complexity index is 946. The maximum Gasteiger partial charge on any atom is 0.325 e. The van der Waals surface area contributed by atoms with Crippen LogP contribution in [0.3, 0.4) is 0 Å². The quantitative estimate of drug-likeness (QED) is 0.757. The van der Waals surface area contributed by atoms with Gasteiger partial charge in [-0.1, -0.05) is 54.1 Å². The molecule has 0 radical (unpaired) electrons. The van der Waals surface area contributed by atoms with Crippen LogP contribution in [0.5, 0.6) is 0 Å². The van der Waals surface area contributed by atoms with Crippen molar-refractivity contribution in [2.45, 2.75) is 32.4 Å². The van der Waals surface area contributed by atoms with Crippen molar-refractivity contribution in [3.05, 3.63) is 70.2 Å². The van der Waals surface area contributed by atoms with Crippen LogP contribution in [0.25, 0.3) is 0 Å². The molecule has 1 heterocycles. The number of carbonyl (C=O) groups excluding carboxylic acids is 3. The second-order valence-corrected chi connectivity index (χ2v) is 7.48. The summed E-state index contributed by atoms with van der Waals surface area (Å²) in [7, 11) is 0. The van der Waals surface area contributed by atoms with Crippen molar-refractivity contribution in [3.63, 3.8) is 0 Å². The van der Waals surface area contributed by atoms with Crippen LogP contribution in [0.15, 0.2) is 48.5 Å². The Labute approximate surface area is 168 Å². The molecule has 28 heavy (non-hydrogen) atoms. The summed E-state index contributed by atoms with van der Waals surface area (Å²) in [6.45, 7) is 4.96. The molecule has 1 saturated heterocycles. The van der Waals surface area contributed by atoms with Gasteiger partial charge < -0.3 is 10.6 Å². The number of hydrogen-bond acceptors (Lipinski definition) is 3. The van der Waals surface area contributed by atoms with Crippen molar-refractivity contribution in [2.75, 3.05) is 6.54 Å². The van der Waals surface area contributed by atoms with E-state index in [0.717, 1.165) is 16.0 Å². The average Bonchev–Trinajstić information content (AvgIpc) is 2.86. The summed E-state index contributed by atoms with van der Waals surface area (Å²) in [4.78, 5) is 38.8. The Hall–Kier alpha value is -2.86. The predicted molar refractivity (Wildman–Crippen MR) is 107 cm³/mol. The predicted octanol–water partition coefficient (Wildman–Crippen LogP) is 3.29. The number of hydrogen-bond donors (Lipinski definition) is 2. The zero-order valence-corrected chi connectivity index (χ0v) is 16.7. The fraction of sp³-hybridized carbons (Fsp3) is 0.286. The number of aryl methyl sites for hydroxylation is 1. The molecule has 6 nitrogen and oxygen atoms in total. The first kappa shape index (κ1) is 19.9. The molecule has 2 aromatic carbocycles. The maximum atomic E-state index is 13.0. The zero-order valence-electron chi connectivity index (χ0n) is 16.0. The van der Waals surface area contributed by atoms with Crippen LogP contribution in [0.1, 0.15) is 36.6 Å². The molecule has 4 amide bonds. The first-order valence-corrected chi connectivity index (χ1v) is 9.36. The third-order valence-electron chi connectivity index (χ3n) is 5.01. The Morgan fingerprint density at radius 3 is 2.50 bits per heavy atom. The minimum atomic E-state index is -1.20. The molecule has 2 unspecified atom stereocenters. The largest absolute Gasteiger partial charge is 0.348 e. The van der Waals surface area contributed by atoms with Gasteiger partial charge in [-0.3, -0.25) is 14.5 Å². The van der Waals surface area contributed by atoms with Gasteiger partial charge in [0.05, 0.1) is 6.04 Å². The summed E-state index contributed by atoms with van der Waals surface area (Å²) in [6, 6.07) is 13.6. The van der Waals surface area contributed by atoms with Crippen LogP contribution in [0.2, 0.25) is 5.02 Å². The molecule has 0 spiro atoms. The van der Waals surface area contributed by atoms with E-state index in [1.54, 1.807) is 32.0 Å². The number of carbonyl (C=O) groups is 3. The fourth-order valence-electron chi connectivity index (χ4n) is 3.49. The number of amides is 4. The minimum absolute atomic E-state index is 0.357. The van der Waals surface area contributed by atoms with Crippen molar-refractivity contribution < 1.29 is 14.4 Å². The Morgan fingerprint density at radius 1 is 1.18 bits per heavy atom. The molecule has 1 aliphatic rings. The average molecular weight is 400 g/mol. The smallest absolute Gasteiger partial charge is 0.325 e. The van der Waals surface area contributed by atoms with Crippen LogP contribution in [0.4, 0.5) is 4.79 Å². The molecule has 2 N–H and O–H groups in total. The Kier molecular flexibility index (Phi) is 5.42. The number of rotatable bonds is 5. The molecule has 0 aromatic heterocycles. The third kappa shape index (κ3) is 3.60. The highest BCUT2D eigenvalue weighted by Crippen LogP contribution is 2.31. The van der Waals surface area contributed by atoms with Crippen molar-refractivity contribution in [1.82, 2.24) is 15.5 Å². The van der Waals surface area contributed by atoms with E-state index >= 15 is 0 Å². The van der Waals surface area contributed by atoms with Crippen LogP contribution >= 0.6 is 11.6 Å². The molecule has 0 aliphatic carbocycles. The first-order valence-electron chi connectivity index (χ1n) is 8.98. The highest BCUT2D eigenvalue weighted by Gasteiger charge is 2.50. The molecule has 1 fully saturated rings. The summed E-state index contributed by atoms with van der Waals surface area (Å²) in [6.07, 6.45) is 0. The summed E-state index contributed by atoms with van der Waals surface area (Å²) in [5, 5.41) is 6.05. The van der Waals surface area contributed by atoms with E-state index < -0.39 is 23.4 Å². The van der Waals surface area contributed by atoms with E-state index in [0.29, 0.717) is 10.6 Å². The SMILES string of the molecule is Cc1ccccc1C1(C)NC(=O)N(CC(=O)NC(C)c2ccccc2Cl)C1=O. The number of benzene rings is 2. The summed E-state index contributed by atoms with van der Waals surface area (Å²) < 4.78 is 0. The molecule has 146 valence electrons. The molecular weight excluding hydrogens is 378 g/mol. The van der Waals surface area contributed by atoms with E-state index in [1.165, 1.54) is 0 Å². The second kappa shape index (κ2) is 7.64. The summed E-state index contributed by atoms with van der Waals surface area (Å²) >= 11 is 6.16. The lowest BCUT2D eigenvalue weighted by molar-refractivity contribution is -0.135. The van der Waals surface area contributed by atoms with Crippen LogP contribution < -0.4 is 10.6 Å². The summed E-state index contributed by atoms with van der Waals surface area (Å²) in [5.74, 6) is -0.891. The van der Waals surface area contributed by atoms with Gasteiger partial charge >= 0.3 is 6.03 Å². The van der Waals surface area contributed by atoms with Gasteiger partial charge in [0.2, 0.25) is 5.91 Å². The van der Waals surface area contributed by atoms with Crippen molar-refractivity contribution in [3.8, 4) is 0 Å². The van der Waals surface area contributed by atoms with Crippen molar-refractivity contribution in [2.24, 2.45) is 0 Å². The Balaban J connectivity index is 1.73. The number of imide groups is 1. The van der Waals surface area contributed by atoms with Crippen LogP contribution in [-0.2, 0) is 15.1 Å². The van der Waals surface area contributed by atoms with Gasteiger partial charge in [-0.05, 0) is 43.5 Å². The molecule has 1 aliphatic heterocycles. The molecule has 0 bridgehead atoms. The van der Waals surface area contributed by atoms with Gasteiger partial charge in [0.25, 0.3) is 5.91 Å². The van der Waals surface area contributed by atoms with E-state index in [9.17, 15) is 14.4 Å². The molecular formula is C21H22ClN3O3. The van der Waals surface area contributed by atoms with E-state index in [2.05, 4.69) is 10.6 Å². The molecule has 2 atom stereocenters. The lowest BCUT2D eigenvalue weighted by atomic mass is 9.88. The van der Waals surface area contributed by atoms with Gasteiger partial charge in [-0.15, -0.1) is 0 Å². The van der Waals surface area contributed by atoms with E-state index in [1.807, 2.05) is 37.3 Å². The number of nitrogens with zero attached hydrogens (tertiary/aromatic N) is 1. The highest BCUT2D eigenvalue weighted by molar-refractivity contribution is 6.31. The molecule has 7 heteroatoms. The van der Waals surface area contributed by atoms with Gasteiger partial charge in [0, 0.05) is 5.02 Å². The first-order chi connectivity index (χ1) is 13.2. The lowest BCUT2D eigenvalue weighted by Gasteiger charge is -2.24. The lowest BCUT2D eigenvalue weighted by Crippen LogP contribution is -2.44. The summed E-state index contributed by atoms with van der Waals surface area (Å²) in [5.41, 5.74) is 1.16. The van der Waals surface area contributed by atoms with Gasteiger partial charge in [-0.25, -0.2) is 4.79 Å². The number of urea groups is 1. The van der Waals surface area contributed by atoms with Crippen LogP contribution in [0, 0.1) is 6.92 Å². The molecule has 0 saturated carbocycles. The topological polar surface area (TPSA) is 78.5 Å². The van der Waals surface area contributed by atoms with Crippen molar-refractivity contribution in [1.29, 1.82) is 0 Å². The number of halogens is 1. The number of nitrogens with one attached hydrogen (secondary N) is 2. The fourth-order valence-corrected chi connectivity index (χ4v) is 3.79. The normalized spacial score (nSPS) is 20.1. The standard InChI is InChI=1S/C21H22ClN3O3/c1-13-8-4-6-10-16(13)21(3)19(27)25(20(28)24-21)12-18(26)23-14(2)15-9-5-7-11-17(15)22/h4-11,14H,12H2,1-3H3,(H,23,26)(H,24,28). The van der Waals surface area contributed by atoms with Gasteiger partial charge in [0.1, 0.15) is 12.1 Å². The van der Waals surface area contributed by atoms with E-state index in [-0.39, 0.29) is 12.6 Å². The Morgan fingerprint density at radius 2 is 1.82 bits per heavy atom.